The third-order valence-corrected chi connectivity index (χ3v) is 5.35. The number of hydrogen-bond donors (Lipinski definition) is 1. The van der Waals surface area contributed by atoms with Gasteiger partial charge in [0.05, 0.1) is 11.4 Å². The van der Waals surface area contributed by atoms with Gasteiger partial charge in [-0.1, -0.05) is 65.8 Å². The number of fused-ring (bicyclic) bond motifs is 1. The van der Waals surface area contributed by atoms with E-state index in [4.69, 9.17) is 21.4 Å². The minimum absolute atomic E-state index is 0.122. The molecule has 29 heavy (non-hydrogen) atoms. The standard InChI is InChI=1S/C21H16ClN3O3S/c22-15-7-4-8-16(11-15)25-19(23-24-21(25)29-13-20(26)27)12-28-18-10-3-6-14-5-1-2-9-17(14)18/h1-11H,12-13H2,(H,26,27). The van der Waals surface area contributed by atoms with Gasteiger partial charge in [-0.05, 0) is 29.7 Å². The van der Waals surface area contributed by atoms with Crippen molar-refractivity contribution in [2.24, 2.45) is 0 Å². The highest BCUT2D eigenvalue weighted by Crippen LogP contribution is 2.28. The van der Waals surface area contributed by atoms with E-state index in [9.17, 15) is 4.79 Å². The predicted octanol–water partition coefficient (Wildman–Crippen LogP) is 4.83. The smallest absolute Gasteiger partial charge is 0.313 e. The molecule has 4 aromatic rings. The summed E-state index contributed by atoms with van der Waals surface area (Å²) in [6.07, 6.45) is 0. The van der Waals surface area contributed by atoms with Gasteiger partial charge < -0.3 is 9.84 Å². The highest BCUT2D eigenvalue weighted by molar-refractivity contribution is 7.99. The number of benzene rings is 3. The van der Waals surface area contributed by atoms with Gasteiger partial charge in [0.1, 0.15) is 12.4 Å². The van der Waals surface area contributed by atoms with Crippen molar-refractivity contribution in [2.75, 3.05) is 5.75 Å². The Morgan fingerprint density at radius 1 is 1.07 bits per heavy atom. The summed E-state index contributed by atoms with van der Waals surface area (Å²) in [5, 5.41) is 20.5. The average Bonchev–Trinajstić information content (AvgIpc) is 3.13. The fourth-order valence-electron chi connectivity index (χ4n) is 2.95. The summed E-state index contributed by atoms with van der Waals surface area (Å²) in [4.78, 5) is 11.0. The Morgan fingerprint density at radius 3 is 2.69 bits per heavy atom. The molecule has 0 aliphatic heterocycles. The Kier molecular flexibility index (Phi) is 5.69. The second kappa shape index (κ2) is 8.55. The maximum Gasteiger partial charge on any atom is 0.313 e. The van der Waals surface area contributed by atoms with Crippen LogP contribution in [0.5, 0.6) is 5.75 Å². The Bertz CT molecular complexity index is 1170. The molecule has 0 saturated heterocycles. The van der Waals surface area contributed by atoms with Crippen LogP contribution in [-0.2, 0) is 11.4 Å². The van der Waals surface area contributed by atoms with Crippen LogP contribution in [0.2, 0.25) is 5.02 Å². The third kappa shape index (κ3) is 4.36. The molecule has 0 amide bonds. The van der Waals surface area contributed by atoms with Gasteiger partial charge in [-0.25, -0.2) is 0 Å². The molecular weight excluding hydrogens is 410 g/mol. The van der Waals surface area contributed by atoms with E-state index in [0.29, 0.717) is 16.0 Å². The van der Waals surface area contributed by atoms with Gasteiger partial charge in [0.2, 0.25) is 0 Å². The van der Waals surface area contributed by atoms with Crippen LogP contribution in [0.4, 0.5) is 0 Å². The number of aliphatic carboxylic acids is 1. The maximum absolute atomic E-state index is 11.0. The molecule has 0 aliphatic rings. The summed E-state index contributed by atoms with van der Waals surface area (Å²) in [6, 6.07) is 21.1. The summed E-state index contributed by atoms with van der Waals surface area (Å²) in [6.45, 7) is 0.168. The lowest BCUT2D eigenvalue weighted by atomic mass is 10.1. The molecule has 4 rings (SSSR count). The number of rotatable bonds is 7. The molecule has 0 spiro atoms. The number of halogens is 1. The van der Waals surface area contributed by atoms with Crippen molar-refractivity contribution >= 4 is 40.1 Å². The Morgan fingerprint density at radius 2 is 1.86 bits per heavy atom. The van der Waals surface area contributed by atoms with E-state index < -0.39 is 5.97 Å². The second-order valence-corrected chi connectivity index (χ2v) is 7.54. The lowest BCUT2D eigenvalue weighted by Crippen LogP contribution is -2.08. The molecule has 0 unspecified atom stereocenters. The first-order chi connectivity index (χ1) is 14.1. The monoisotopic (exact) mass is 425 g/mol. The van der Waals surface area contributed by atoms with Crippen molar-refractivity contribution in [3.05, 3.63) is 77.6 Å². The quantitative estimate of drug-likeness (QED) is 0.427. The molecule has 1 N–H and O–H groups in total. The summed E-state index contributed by atoms with van der Waals surface area (Å²) in [5.74, 6) is 0.240. The van der Waals surface area contributed by atoms with Gasteiger partial charge in [0.15, 0.2) is 11.0 Å². The second-order valence-electron chi connectivity index (χ2n) is 6.16. The summed E-state index contributed by atoms with van der Waals surface area (Å²) >= 11 is 7.24. The molecule has 0 radical (unpaired) electrons. The van der Waals surface area contributed by atoms with E-state index in [2.05, 4.69) is 10.2 Å². The van der Waals surface area contributed by atoms with Crippen LogP contribution >= 0.6 is 23.4 Å². The van der Waals surface area contributed by atoms with Crippen molar-refractivity contribution < 1.29 is 14.6 Å². The van der Waals surface area contributed by atoms with Gasteiger partial charge in [-0.2, -0.15) is 0 Å². The fraction of sp³-hybridized carbons (Fsp3) is 0.0952. The Balaban J connectivity index is 1.67. The predicted molar refractivity (Wildman–Crippen MR) is 113 cm³/mol. The van der Waals surface area contributed by atoms with Crippen LogP contribution in [0.15, 0.2) is 71.9 Å². The van der Waals surface area contributed by atoms with E-state index in [-0.39, 0.29) is 12.4 Å². The zero-order valence-electron chi connectivity index (χ0n) is 15.2. The number of ether oxygens (including phenoxy) is 1. The first-order valence-electron chi connectivity index (χ1n) is 8.77. The van der Waals surface area contributed by atoms with Crippen molar-refractivity contribution in [1.82, 2.24) is 14.8 Å². The molecule has 0 atom stereocenters. The van der Waals surface area contributed by atoms with E-state index >= 15 is 0 Å². The zero-order chi connectivity index (χ0) is 20.2. The van der Waals surface area contributed by atoms with Gasteiger partial charge in [0, 0.05) is 10.4 Å². The minimum Gasteiger partial charge on any atom is -0.485 e. The number of thioether (sulfide) groups is 1. The van der Waals surface area contributed by atoms with Gasteiger partial charge in [-0.15, -0.1) is 10.2 Å². The highest BCUT2D eigenvalue weighted by atomic mass is 35.5. The van der Waals surface area contributed by atoms with Gasteiger partial charge >= 0.3 is 5.97 Å². The Hall–Kier alpha value is -3.03. The molecule has 1 heterocycles. The fourth-order valence-corrected chi connectivity index (χ4v) is 3.83. The molecule has 0 aliphatic carbocycles. The maximum atomic E-state index is 11.0. The van der Waals surface area contributed by atoms with E-state index in [1.165, 1.54) is 0 Å². The van der Waals surface area contributed by atoms with Crippen LogP contribution in [0.3, 0.4) is 0 Å². The zero-order valence-corrected chi connectivity index (χ0v) is 16.7. The van der Waals surface area contributed by atoms with Gasteiger partial charge in [-0.3, -0.25) is 9.36 Å². The van der Waals surface area contributed by atoms with E-state index in [1.54, 1.807) is 16.7 Å². The third-order valence-electron chi connectivity index (χ3n) is 4.20. The normalized spacial score (nSPS) is 10.9. The number of carboxylic acids is 1. The molecule has 0 saturated carbocycles. The molecule has 0 fully saturated rings. The van der Waals surface area contributed by atoms with Crippen molar-refractivity contribution in [1.29, 1.82) is 0 Å². The van der Waals surface area contributed by atoms with E-state index in [1.807, 2.05) is 54.6 Å². The van der Waals surface area contributed by atoms with Crippen LogP contribution < -0.4 is 4.74 Å². The molecule has 8 heteroatoms. The van der Waals surface area contributed by atoms with Crippen LogP contribution in [0.25, 0.3) is 16.5 Å². The molecule has 6 nitrogen and oxygen atoms in total. The van der Waals surface area contributed by atoms with Crippen molar-refractivity contribution in [2.45, 2.75) is 11.8 Å². The lowest BCUT2D eigenvalue weighted by molar-refractivity contribution is -0.133. The highest BCUT2D eigenvalue weighted by Gasteiger charge is 2.17. The summed E-state index contributed by atoms with van der Waals surface area (Å²) in [7, 11) is 0. The average molecular weight is 426 g/mol. The first-order valence-corrected chi connectivity index (χ1v) is 10.1. The molecule has 3 aromatic carbocycles. The topological polar surface area (TPSA) is 77.2 Å². The number of carboxylic acid groups (broad SMARTS) is 1. The summed E-state index contributed by atoms with van der Waals surface area (Å²) < 4.78 is 7.82. The van der Waals surface area contributed by atoms with Gasteiger partial charge in [0.25, 0.3) is 0 Å². The lowest BCUT2D eigenvalue weighted by Gasteiger charge is -2.12. The number of nitrogens with zero attached hydrogens (tertiary/aromatic N) is 3. The molecule has 0 bridgehead atoms. The largest absolute Gasteiger partial charge is 0.485 e. The number of aromatic nitrogens is 3. The minimum atomic E-state index is -0.927. The number of carbonyl (C=O) groups is 1. The van der Waals surface area contributed by atoms with Crippen LogP contribution in [0.1, 0.15) is 5.82 Å². The molecule has 146 valence electrons. The first kappa shape index (κ1) is 19.3. The van der Waals surface area contributed by atoms with E-state index in [0.717, 1.165) is 34.0 Å². The van der Waals surface area contributed by atoms with Crippen molar-refractivity contribution in [3.8, 4) is 11.4 Å². The summed E-state index contributed by atoms with van der Waals surface area (Å²) in [5.41, 5.74) is 0.743. The SMILES string of the molecule is O=C(O)CSc1nnc(COc2cccc3ccccc23)n1-c1cccc(Cl)c1. The molecular formula is C21H16ClN3O3S. The van der Waals surface area contributed by atoms with Crippen LogP contribution in [0, 0.1) is 0 Å². The molecule has 1 aromatic heterocycles. The number of hydrogen-bond acceptors (Lipinski definition) is 5. The Labute approximate surface area is 176 Å². The van der Waals surface area contributed by atoms with Crippen molar-refractivity contribution in [3.63, 3.8) is 0 Å². The van der Waals surface area contributed by atoms with Crippen LogP contribution in [-0.4, -0.2) is 31.6 Å².